The van der Waals surface area contributed by atoms with Crippen LogP contribution in [-0.2, 0) is 37.9 Å². The van der Waals surface area contributed by atoms with Gasteiger partial charge in [0.25, 0.3) is 0 Å². The molecule has 0 N–H and O–H groups in total. The minimum absolute atomic E-state index is 0.112. The van der Waals surface area contributed by atoms with Gasteiger partial charge in [-0.15, -0.1) is 5.54 Å². The summed E-state index contributed by atoms with van der Waals surface area (Å²) in [4.78, 5) is 0. The first kappa shape index (κ1) is 54.6. The first-order valence-electron chi connectivity index (χ1n) is 24.0. The Hall–Kier alpha value is -4.76. The second-order valence-corrected chi connectivity index (χ2v) is 31.1. The van der Waals surface area contributed by atoms with Crippen molar-refractivity contribution in [3.63, 3.8) is 0 Å². The van der Waals surface area contributed by atoms with Crippen molar-refractivity contribution in [3.8, 4) is 70.7 Å². The van der Waals surface area contributed by atoms with E-state index in [-0.39, 0.29) is 32.5 Å². The molecule has 0 saturated heterocycles. The van der Waals surface area contributed by atoms with Crippen molar-refractivity contribution in [2.45, 2.75) is 221 Å². The highest BCUT2D eigenvalue weighted by molar-refractivity contribution is 6.90. The predicted octanol–water partition coefficient (Wildman–Crippen LogP) is 16.0. The quantitative estimate of drug-likeness (QED) is 0.131. The lowest BCUT2D eigenvalue weighted by atomic mass is 9.64. The molecule has 0 nitrogen and oxygen atoms in total. The monoisotopic (exact) mass is 881 g/mol. The Balaban J connectivity index is 2.60. The first-order valence-corrected chi connectivity index (χ1v) is 26.3. The molecule has 0 atom stereocenters. The maximum atomic E-state index is 3.95. The number of hydrogen-bond acceptors (Lipinski definition) is 0. The van der Waals surface area contributed by atoms with E-state index in [1.165, 1.54) is 33.4 Å². The highest BCUT2D eigenvalue weighted by Crippen LogP contribution is 2.47. The highest BCUT2D eigenvalue weighted by atomic mass is 28.3. The van der Waals surface area contributed by atoms with E-state index in [9.17, 15) is 0 Å². The Morgan fingerprint density at radius 3 is 0.662 bits per heavy atom. The van der Waals surface area contributed by atoms with Crippen molar-refractivity contribution >= 4 is 8.07 Å². The van der Waals surface area contributed by atoms with Crippen molar-refractivity contribution in [2.75, 3.05) is 0 Å². The second-order valence-electron chi connectivity index (χ2n) is 25.5. The van der Waals surface area contributed by atoms with E-state index in [2.05, 4.69) is 291 Å². The minimum Gasteiger partial charge on any atom is -0.116 e. The van der Waals surface area contributed by atoms with E-state index < -0.39 is 13.5 Å². The Labute approximate surface area is 402 Å². The zero-order chi connectivity index (χ0) is 49.8. The summed E-state index contributed by atoms with van der Waals surface area (Å²) < 4.78 is 0. The van der Waals surface area contributed by atoms with Crippen LogP contribution in [0.25, 0.3) is 0 Å². The summed E-state index contributed by atoms with van der Waals surface area (Å²) in [6.45, 7) is 55.5. The smallest absolute Gasteiger partial charge is 0.116 e. The summed E-state index contributed by atoms with van der Waals surface area (Å²) in [6.07, 6.45) is 0. The van der Waals surface area contributed by atoms with Crippen LogP contribution in [0.5, 0.6) is 0 Å². The van der Waals surface area contributed by atoms with Gasteiger partial charge in [0, 0.05) is 0 Å². The standard InChI is InChI=1S/C64H84Si/c1-46(2)65(47(3)4,48(5)6)36-34-32-30-28-26-25-27-29-31-33-35-64(55-40-49(58(7,8)9)37-50(41-55)59(10,11)12,56-42-51(60(13,14)15)38-52(43-56)61(16,17)18)57-44-53(62(19,20)21)39-54(45-57)63(22,23)24/h37-48H,1-24H3. The van der Waals surface area contributed by atoms with Gasteiger partial charge in [-0.05, 0) is 158 Å². The highest BCUT2D eigenvalue weighted by Gasteiger charge is 2.42. The van der Waals surface area contributed by atoms with Crippen molar-refractivity contribution in [1.29, 1.82) is 0 Å². The second kappa shape index (κ2) is 20.0. The maximum absolute atomic E-state index is 3.95. The summed E-state index contributed by atoms with van der Waals surface area (Å²) in [5.41, 5.74) is 14.8. The molecule has 0 aromatic heterocycles. The van der Waals surface area contributed by atoms with Crippen molar-refractivity contribution in [1.82, 2.24) is 0 Å². The van der Waals surface area contributed by atoms with Crippen molar-refractivity contribution < 1.29 is 0 Å². The molecule has 3 aromatic carbocycles. The zero-order valence-electron chi connectivity index (χ0n) is 45.4. The van der Waals surface area contributed by atoms with Gasteiger partial charge in [-0.1, -0.05) is 227 Å². The van der Waals surface area contributed by atoms with Gasteiger partial charge in [-0.2, -0.15) is 0 Å². The summed E-state index contributed by atoms with van der Waals surface area (Å²) in [7, 11) is -1.84. The lowest BCUT2D eigenvalue weighted by Crippen LogP contribution is -2.43. The molecule has 0 unspecified atom stereocenters. The van der Waals surface area contributed by atoms with Crippen LogP contribution in [0.1, 0.15) is 216 Å². The van der Waals surface area contributed by atoms with Gasteiger partial charge in [-0.25, -0.2) is 0 Å². The SMILES string of the molecule is CC(C)[Si](C#CC#CC#CC#CC#CC#CC(c1cc(C(C)(C)C)cc(C(C)(C)C)c1)(c1cc(C(C)(C)C)cc(C(C)(C)C)c1)c1cc(C(C)(C)C)cc(C(C)(C)C)c1)(C(C)C)C(C)C. The first-order chi connectivity index (χ1) is 29.5. The average Bonchev–Trinajstić information content (AvgIpc) is 3.15. The van der Waals surface area contributed by atoms with Gasteiger partial charge < -0.3 is 0 Å². The normalized spacial score (nSPS) is 12.6. The van der Waals surface area contributed by atoms with Gasteiger partial charge >= 0.3 is 0 Å². The molecular weight excluding hydrogens is 797 g/mol. The van der Waals surface area contributed by atoms with E-state index in [0.717, 1.165) is 16.7 Å². The van der Waals surface area contributed by atoms with Gasteiger partial charge in [0.2, 0.25) is 0 Å². The molecule has 0 bridgehead atoms. The summed E-state index contributed by atoms with van der Waals surface area (Å²) in [5.74, 6) is 34.2. The molecule has 3 rings (SSSR count). The van der Waals surface area contributed by atoms with Gasteiger partial charge in [0.05, 0.1) is 0 Å². The number of rotatable bonds is 6. The summed E-state index contributed by atoms with van der Waals surface area (Å²) in [6, 6.07) is 21.8. The Morgan fingerprint density at radius 1 is 0.277 bits per heavy atom. The summed E-state index contributed by atoms with van der Waals surface area (Å²) in [5, 5.41) is 0. The maximum Gasteiger partial charge on any atom is 0.147 e. The predicted molar refractivity (Wildman–Crippen MR) is 289 cm³/mol. The van der Waals surface area contributed by atoms with E-state index in [1.807, 2.05) is 0 Å². The van der Waals surface area contributed by atoms with E-state index in [0.29, 0.717) is 16.6 Å². The van der Waals surface area contributed by atoms with Gasteiger partial charge in [0.1, 0.15) is 13.5 Å². The molecule has 0 radical (unpaired) electrons. The lowest BCUT2D eigenvalue weighted by molar-refractivity contribution is 0.558. The molecule has 0 aliphatic rings. The molecule has 344 valence electrons. The molecule has 0 aliphatic carbocycles. The van der Waals surface area contributed by atoms with E-state index in [4.69, 9.17) is 0 Å². The molecule has 3 aromatic rings. The molecule has 0 fully saturated rings. The van der Waals surface area contributed by atoms with Gasteiger partial charge in [-0.3, -0.25) is 0 Å². The van der Waals surface area contributed by atoms with Crippen LogP contribution >= 0.6 is 0 Å². The van der Waals surface area contributed by atoms with Crippen LogP contribution in [0, 0.1) is 70.7 Å². The Kier molecular flexibility index (Phi) is 16.8. The number of benzene rings is 3. The minimum atomic E-state index is -1.84. The van der Waals surface area contributed by atoms with Crippen molar-refractivity contribution in [2.24, 2.45) is 0 Å². The molecule has 0 heterocycles. The third-order valence-electron chi connectivity index (χ3n) is 13.3. The van der Waals surface area contributed by atoms with Crippen LogP contribution < -0.4 is 0 Å². The Morgan fingerprint density at radius 2 is 0.462 bits per heavy atom. The fraction of sp³-hybridized carbons (Fsp3) is 0.531. The molecule has 0 spiro atoms. The third kappa shape index (κ3) is 13.4. The summed E-state index contributed by atoms with van der Waals surface area (Å²) >= 11 is 0. The van der Waals surface area contributed by atoms with Gasteiger partial charge in [0.15, 0.2) is 0 Å². The lowest BCUT2D eigenvalue weighted by Gasteiger charge is -2.38. The van der Waals surface area contributed by atoms with E-state index >= 15 is 0 Å². The third-order valence-corrected chi connectivity index (χ3v) is 19.5. The van der Waals surface area contributed by atoms with Crippen LogP contribution in [0.15, 0.2) is 54.6 Å². The number of hydrogen-bond donors (Lipinski definition) is 0. The molecule has 65 heavy (non-hydrogen) atoms. The Bertz CT molecular complexity index is 2290. The largest absolute Gasteiger partial charge is 0.147 e. The van der Waals surface area contributed by atoms with Crippen LogP contribution in [-0.4, -0.2) is 8.07 Å². The fourth-order valence-electron chi connectivity index (χ4n) is 8.79. The molecular formula is C64H84Si. The molecule has 0 amide bonds. The van der Waals surface area contributed by atoms with Crippen molar-refractivity contribution in [3.05, 3.63) is 105 Å². The van der Waals surface area contributed by atoms with Crippen LogP contribution in [0.2, 0.25) is 16.6 Å². The zero-order valence-corrected chi connectivity index (χ0v) is 46.4. The van der Waals surface area contributed by atoms with E-state index in [1.54, 1.807) is 0 Å². The topological polar surface area (TPSA) is 0 Å². The average molecular weight is 881 g/mol. The van der Waals surface area contributed by atoms with Crippen LogP contribution in [0.3, 0.4) is 0 Å². The fourth-order valence-corrected chi connectivity index (χ4v) is 13.9. The molecule has 1 heteroatoms. The molecule has 0 aliphatic heterocycles. The van der Waals surface area contributed by atoms with Crippen LogP contribution in [0.4, 0.5) is 0 Å². The molecule has 0 saturated carbocycles.